The zero-order chi connectivity index (χ0) is 10.6. The molecule has 0 aliphatic rings. The smallest absolute Gasteiger partial charge is 0.243 e. The number of ether oxygens (including phenoxy) is 1. The fourth-order valence-electron chi connectivity index (χ4n) is 0.850. The maximum absolute atomic E-state index is 5.09. The van der Waals surface area contributed by atoms with Crippen LogP contribution in [0.5, 0.6) is 0 Å². The van der Waals surface area contributed by atoms with Gasteiger partial charge in [0.25, 0.3) is 0 Å². The molecule has 0 aliphatic heterocycles. The van der Waals surface area contributed by atoms with Gasteiger partial charge >= 0.3 is 0 Å². The van der Waals surface area contributed by atoms with Crippen LogP contribution in [0.1, 0.15) is 18.3 Å². The van der Waals surface area contributed by atoms with Crippen LogP contribution in [0.15, 0.2) is 0 Å². The predicted octanol–water partition coefficient (Wildman–Crippen LogP) is 0.935. The molecule has 14 heavy (non-hydrogen) atoms. The number of hydrogen-bond acceptors (Lipinski definition) is 5. The van der Waals surface area contributed by atoms with Gasteiger partial charge in [-0.25, -0.2) is 4.98 Å². The summed E-state index contributed by atoms with van der Waals surface area (Å²) in [4.78, 5) is 4.24. The molecule has 0 saturated heterocycles. The third-order valence-electron chi connectivity index (χ3n) is 2.04. The molecule has 1 aromatic heterocycles. The average molecular weight is 196 g/mol. The van der Waals surface area contributed by atoms with Gasteiger partial charge in [-0.1, -0.05) is 0 Å². The van der Waals surface area contributed by atoms with Crippen molar-refractivity contribution in [1.29, 1.82) is 0 Å². The number of methoxy groups -OCH3 is 1. The Labute approximate surface area is 83.9 Å². The first-order valence-corrected chi connectivity index (χ1v) is 4.58. The van der Waals surface area contributed by atoms with Crippen LogP contribution in [-0.4, -0.2) is 34.9 Å². The van der Waals surface area contributed by atoms with Gasteiger partial charge in [0, 0.05) is 13.7 Å². The maximum atomic E-state index is 5.09. The highest BCUT2D eigenvalue weighted by atomic mass is 16.5. The van der Waals surface area contributed by atoms with Crippen LogP contribution in [0.2, 0.25) is 0 Å². The van der Waals surface area contributed by atoms with E-state index in [1.54, 1.807) is 7.11 Å². The summed E-state index contributed by atoms with van der Waals surface area (Å²) in [6.07, 6.45) is 0.139. The molecule has 0 aromatic carbocycles. The lowest BCUT2D eigenvalue weighted by atomic mass is 10.4. The Kier molecular flexibility index (Phi) is 3.76. The number of anilines is 1. The Balaban J connectivity index is 2.55. The van der Waals surface area contributed by atoms with E-state index >= 15 is 0 Å². The van der Waals surface area contributed by atoms with E-state index in [0.717, 1.165) is 11.4 Å². The van der Waals surface area contributed by atoms with Gasteiger partial charge in [0.2, 0.25) is 5.95 Å². The van der Waals surface area contributed by atoms with Crippen molar-refractivity contribution in [3.63, 3.8) is 0 Å². The molecule has 5 nitrogen and oxygen atoms in total. The van der Waals surface area contributed by atoms with E-state index < -0.39 is 0 Å². The van der Waals surface area contributed by atoms with Crippen LogP contribution in [-0.2, 0) is 4.74 Å². The molecular formula is C9H16N4O. The van der Waals surface area contributed by atoms with Gasteiger partial charge in [-0.3, -0.25) is 0 Å². The number of rotatable bonds is 4. The molecule has 0 aliphatic carbocycles. The Hall–Kier alpha value is -1.23. The summed E-state index contributed by atoms with van der Waals surface area (Å²) in [5.41, 5.74) is 1.75. The number of hydrogen-bond donors (Lipinski definition) is 1. The second kappa shape index (κ2) is 4.85. The molecule has 1 N–H and O–H groups in total. The number of aryl methyl sites for hydroxylation is 2. The zero-order valence-electron chi connectivity index (χ0n) is 9.03. The first kappa shape index (κ1) is 10.8. The Morgan fingerprint density at radius 3 is 2.57 bits per heavy atom. The van der Waals surface area contributed by atoms with Crippen LogP contribution in [0.4, 0.5) is 5.95 Å². The molecule has 78 valence electrons. The number of aromatic nitrogens is 3. The third kappa shape index (κ3) is 2.92. The Bertz CT molecular complexity index is 303. The molecule has 0 bridgehead atoms. The second-order valence-electron chi connectivity index (χ2n) is 3.23. The fraction of sp³-hybridized carbons (Fsp3) is 0.667. The van der Waals surface area contributed by atoms with Gasteiger partial charge in [0.05, 0.1) is 17.5 Å². The third-order valence-corrected chi connectivity index (χ3v) is 2.04. The van der Waals surface area contributed by atoms with Crippen molar-refractivity contribution < 1.29 is 4.74 Å². The van der Waals surface area contributed by atoms with Gasteiger partial charge in [-0.2, -0.15) is 5.10 Å². The van der Waals surface area contributed by atoms with E-state index in [4.69, 9.17) is 4.74 Å². The van der Waals surface area contributed by atoms with Crippen molar-refractivity contribution in [3.05, 3.63) is 11.4 Å². The SMILES string of the molecule is COC(C)CNc1nnc(C)c(C)n1. The second-order valence-corrected chi connectivity index (χ2v) is 3.23. The first-order valence-electron chi connectivity index (χ1n) is 4.58. The van der Waals surface area contributed by atoms with Crippen molar-refractivity contribution in [2.45, 2.75) is 26.9 Å². The van der Waals surface area contributed by atoms with Crippen LogP contribution in [0.3, 0.4) is 0 Å². The molecule has 1 atom stereocenters. The zero-order valence-corrected chi connectivity index (χ0v) is 9.03. The highest BCUT2D eigenvalue weighted by molar-refractivity contribution is 5.24. The van der Waals surface area contributed by atoms with Gasteiger partial charge < -0.3 is 10.1 Å². The summed E-state index contributed by atoms with van der Waals surface area (Å²) >= 11 is 0. The van der Waals surface area contributed by atoms with Gasteiger partial charge in [0.1, 0.15) is 0 Å². The van der Waals surface area contributed by atoms with Crippen LogP contribution in [0.25, 0.3) is 0 Å². The van der Waals surface area contributed by atoms with E-state index in [1.807, 2.05) is 20.8 Å². The molecule has 1 heterocycles. The summed E-state index contributed by atoms with van der Waals surface area (Å²) in [7, 11) is 1.67. The summed E-state index contributed by atoms with van der Waals surface area (Å²) in [5.74, 6) is 0.553. The predicted molar refractivity (Wildman–Crippen MR) is 54.3 cm³/mol. The van der Waals surface area contributed by atoms with Crippen LogP contribution < -0.4 is 5.32 Å². The van der Waals surface area contributed by atoms with Crippen LogP contribution in [0, 0.1) is 13.8 Å². The molecule has 1 aromatic rings. The molecular weight excluding hydrogens is 180 g/mol. The van der Waals surface area contributed by atoms with Gasteiger partial charge in [0.15, 0.2) is 0 Å². The van der Waals surface area contributed by atoms with E-state index in [1.165, 1.54) is 0 Å². The highest BCUT2D eigenvalue weighted by Gasteiger charge is 2.03. The summed E-state index contributed by atoms with van der Waals surface area (Å²) in [6.45, 7) is 6.45. The molecule has 0 saturated carbocycles. The quantitative estimate of drug-likeness (QED) is 0.776. The summed E-state index contributed by atoms with van der Waals surface area (Å²) in [5, 5.41) is 10.9. The number of nitrogens with zero attached hydrogens (tertiary/aromatic N) is 3. The fourth-order valence-corrected chi connectivity index (χ4v) is 0.850. The van der Waals surface area contributed by atoms with Crippen molar-refractivity contribution >= 4 is 5.95 Å². The van der Waals surface area contributed by atoms with E-state index in [0.29, 0.717) is 12.5 Å². The molecule has 0 fully saturated rings. The van der Waals surface area contributed by atoms with Gasteiger partial charge in [-0.15, -0.1) is 5.10 Å². The molecule has 1 rings (SSSR count). The first-order chi connectivity index (χ1) is 6.63. The molecule has 0 radical (unpaired) electrons. The number of nitrogens with one attached hydrogen (secondary N) is 1. The van der Waals surface area contributed by atoms with Crippen molar-refractivity contribution in [3.8, 4) is 0 Å². The van der Waals surface area contributed by atoms with E-state index in [-0.39, 0.29) is 6.10 Å². The minimum Gasteiger partial charge on any atom is -0.380 e. The maximum Gasteiger partial charge on any atom is 0.243 e. The lowest BCUT2D eigenvalue weighted by Crippen LogP contribution is -2.19. The lowest BCUT2D eigenvalue weighted by Gasteiger charge is -2.10. The van der Waals surface area contributed by atoms with Crippen molar-refractivity contribution in [1.82, 2.24) is 15.2 Å². The average Bonchev–Trinajstić information content (AvgIpc) is 2.19. The molecule has 0 spiro atoms. The lowest BCUT2D eigenvalue weighted by molar-refractivity contribution is 0.128. The molecule has 1 unspecified atom stereocenters. The Morgan fingerprint density at radius 1 is 1.29 bits per heavy atom. The summed E-state index contributed by atoms with van der Waals surface area (Å²) in [6, 6.07) is 0. The molecule has 5 heteroatoms. The van der Waals surface area contributed by atoms with Crippen LogP contribution >= 0.6 is 0 Å². The van der Waals surface area contributed by atoms with Crippen molar-refractivity contribution in [2.75, 3.05) is 19.0 Å². The minimum atomic E-state index is 0.139. The molecule has 0 amide bonds. The van der Waals surface area contributed by atoms with E-state index in [9.17, 15) is 0 Å². The highest BCUT2D eigenvalue weighted by Crippen LogP contribution is 2.02. The minimum absolute atomic E-state index is 0.139. The standard InChI is InChI=1S/C9H16N4O/c1-6(14-4)5-10-9-11-7(2)8(3)12-13-9/h6H,5H2,1-4H3,(H,10,11,13). The van der Waals surface area contributed by atoms with Gasteiger partial charge in [-0.05, 0) is 20.8 Å². The topological polar surface area (TPSA) is 59.9 Å². The van der Waals surface area contributed by atoms with E-state index in [2.05, 4.69) is 20.5 Å². The Morgan fingerprint density at radius 2 is 2.00 bits per heavy atom. The monoisotopic (exact) mass is 196 g/mol. The largest absolute Gasteiger partial charge is 0.380 e. The van der Waals surface area contributed by atoms with Crippen molar-refractivity contribution in [2.24, 2.45) is 0 Å². The summed E-state index contributed by atoms with van der Waals surface area (Å²) < 4.78 is 5.09. The normalized spacial score (nSPS) is 12.6.